The Kier molecular flexibility index (Phi) is 5.47. The van der Waals surface area contributed by atoms with Crippen LogP contribution in [0.5, 0.6) is 0 Å². The van der Waals surface area contributed by atoms with E-state index in [1.165, 1.54) is 10.7 Å². The minimum atomic E-state index is -2.80. The van der Waals surface area contributed by atoms with Crippen molar-refractivity contribution in [3.8, 4) is 11.1 Å². The number of nitrogens with one attached hydrogen (secondary N) is 1. The molecule has 3 N–H and O–H groups in total. The zero-order valence-electron chi connectivity index (χ0n) is 16.3. The Morgan fingerprint density at radius 2 is 2.00 bits per heavy atom. The van der Waals surface area contributed by atoms with Gasteiger partial charge < -0.3 is 11.1 Å². The van der Waals surface area contributed by atoms with Gasteiger partial charge >= 0.3 is 0 Å². The molecule has 3 aromatic heterocycles. The number of hydrogen-bond donors (Lipinski definition) is 2. The van der Waals surface area contributed by atoms with Crippen LogP contribution in [0.1, 0.15) is 27.4 Å². The van der Waals surface area contributed by atoms with E-state index in [2.05, 4.69) is 15.4 Å². The van der Waals surface area contributed by atoms with Crippen LogP contribution in [0.3, 0.4) is 0 Å². The lowest BCUT2D eigenvalue weighted by atomic mass is 10.0. The molecule has 0 bridgehead atoms. The van der Waals surface area contributed by atoms with Crippen molar-refractivity contribution >= 4 is 39.1 Å². The molecule has 158 valence electrons. The number of hydrogen-bond acceptors (Lipinski definition) is 5. The number of primary amides is 1. The fourth-order valence-corrected chi connectivity index (χ4v) is 4.26. The van der Waals surface area contributed by atoms with E-state index in [4.69, 9.17) is 5.73 Å². The lowest BCUT2D eigenvalue weighted by Gasteiger charge is -2.11. The Labute approximate surface area is 179 Å². The van der Waals surface area contributed by atoms with Crippen molar-refractivity contribution in [1.29, 1.82) is 0 Å². The van der Waals surface area contributed by atoms with Crippen LogP contribution in [-0.4, -0.2) is 26.6 Å². The largest absolute Gasteiger partial charge is 0.365 e. The van der Waals surface area contributed by atoms with Crippen molar-refractivity contribution in [2.75, 3.05) is 5.32 Å². The van der Waals surface area contributed by atoms with E-state index >= 15 is 0 Å². The molecule has 0 saturated carbocycles. The highest BCUT2D eigenvalue weighted by Crippen LogP contribution is 2.42. The van der Waals surface area contributed by atoms with Crippen molar-refractivity contribution < 1.29 is 18.4 Å². The van der Waals surface area contributed by atoms with Gasteiger partial charge in [-0.25, -0.2) is 13.8 Å². The Bertz CT molecular complexity index is 1280. The summed E-state index contributed by atoms with van der Waals surface area (Å²) in [6, 6.07) is 10.1. The second kappa shape index (κ2) is 8.23. The lowest BCUT2D eigenvalue weighted by Crippen LogP contribution is -2.21. The molecule has 0 aliphatic rings. The molecular weight excluding hydrogens is 424 g/mol. The summed E-state index contributed by atoms with van der Waals surface area (Å²) in [6.45, 7) is 1.75. The predicted molar refractivity (Wildman–Crippen MR) is 114 cm³/mol. The van der Waals surface area contributed by atoms with Crippen molar-refractivity contribution in [2.24, 2.45) is 5.73 Å². The molecule has 4 aromatic rings. The summed E-state index contributed by atoms with van der Waals surface area (Å²) in [5.41, 5.74) is 7.22. The third kappa shape index (κ3) is 4.15. The Balaban J connectivity index is 1.87. The average molecular weight is 441 g/mol. The van der Waals surface area contributed by atoms with Gasteiger partial charge in [0.2, 0.25) is 5.91 Å². The fourth-order valence-electron chi connectivity index (χ4n) is 3.25. The summed E-state index contributed by atoms with van der Waals surface area (Å²) in [5, 5.41) is 7.17. The highest BCUT2D eigenvalue weighted by atomic mass is 32.1. The molecule has 7 nitrogen and oxygen atoms in total. The summed E-state index contributed by atoms with van der Waals surface area (Å²) in [5.74, 6) is -1.23. The van der Waals surface area contributed by atoms with E-state index in [9.17, 15) is 18.4 Å². The molecule has 0 spiro atoms. The fraction of sp³-hybridized carbons (Fsp3) is 0.143. The van der Waals surface area contributed by atoms with Gasteiger partial charge in [-0.05, 0) is 29.7 Å². The van der Waals surface area contributed by atoms with Gasteiger partial charge in [-0.15, -0.1) is 11.3 Å². The molecule has 4 rings (SSSR count). The van der Waals surface area contributed by atoms with Crippen molar-refractivity contribution in [1.82, 2.24) is 14.8 Å². The summed E-state index contributed by atoms with van der Waals surface area (Å²) in [6.07, 6.45) is 0.518. The van der Waals surface area contributed by atoms with Crippen LogP contribution in [0.4, 0.5) is 14.5 Å². The van der Waals surface area contributed by atoms with Gasteiger partial charge in [0, 0.05) is 11.6 Å². The topological polar surface area (TPSA) is 103 Å². The number of nitrogens with zero attached hydrogens (tertiary/aromatic N) is 3. The van der Waals surface area contributed by atoms with E-state index < -0.39 is 23.9 Å². The SMILES string of the molecule is Cc1cnn(CC(=O)Nc2c(C(N)=O)sc3nc(C(F)F)cc(-c4ccccc4)c23)c1. The number of pyridine rings is 1. The molecule has 1 aromatic carbocycles. The second-order valence-corrected chi connectivity index (χ2v) is 7.87. The van der Waals surface area contributed by atoms with Crippen LogP contribution < -0.4 is 11.1 Å². The highest BCUT2D eigenvalue weighted by molar-refractivity contribution is 7.21. The number of rotatable bonds is 6. The number of fused-ring (bicyclic) bond motifs is 1. The quantitative estimate of drug-likeness (QED) is 0.469. The second-order valence-electron chi connectivity index (χ2n) is 6.88. The van der Waals surface area contributed by atoms with Crippen LogP contribution in [-0.2, 0) is 11.3 Å². The number of aromatic nitrogens is 3. The average Bonchev–Trinajstić information content (AvgIpc) is 3.31. The Morgan fingerprint density at radius 1 is 1.26 bits per heavy atom. The van der Waals surface area contributed by atoms with Gasteiger partial charge in [-0.1, -0.05) is 30.3 Å². The first-order valence-corrected chi connectivity index (χ1v) is 10.0. The van der Waals surface area contributed by atoms with Gasteiger partial charge in [0.25, 0.3) is 12.3 Å². The van der Waals surface area contributed by atoms with Crippen molar-refractivity contribution in [3.05, 3.63) is 64.9 Å². The standard InChI is InChI=1S/C21H17F2N5O2S/c1-11-8-25-28(9-11)10-15(29)27-17-16-13(12-5-3-2-4-6-12)7-14(19(22)23)26-21(16)31-18(17)20(24)30/h2-9,19H,10H2,1H3,(H2,24,30)(H,27,29). The predicted octanol–water partition coefficient (Wildman–Crippen LogP) is 4.14. The van der Waals surface area contributed by atoms with Crippen molar-refractivity contribution in [2.45, 2.75) is 19.9 Å². The lowest BCUT2D eigenvalue weighted by molar-refractivity contribution is -0.116. The van der Waals surface area contributed by atoms with Gasteiger partial charge in [-0.3, -0.25) is 14.3 Å². The first-order chi connectivity index (χ1) is 14.8. The molecule has 0 aliphatic heterocycles. The maximum Gasteiger partial charge on any atom is 0.280 e. The number of halogens is 2. The number of anilines is 1. The summed E-state index contributed by atoms with van der Waals surface area (Å²) in [7, 11) is 0. The number of benzene rings is 1. The molecule has 0 unspecified atom stereocenters. The number of amides is 2. The molecule has 0 atom stereocenters. The Hall–Kier alpha value is -3.66. The van der Waals surface area contributed by atoms with Gasteiger partial charge in [0.15, 0.2) is 0 Å². The normalized spacial score (nSPS) is 11.2. The number of carbonyl (C=O) groups excluding carboxylic acids is 2. The van der Waals surface area contributed by atoms with Gasteiger partial charge in [0.05, 0.1) is 11.9 Å². The molecule has 2 amide bonds. The van der Waals surface area contributed by atoms with Crippen LogP contribution in [0.2, 0.25) is 0 Å². The molecule has 10 heteroatoms. The first-order valence-electron chi connectivity index (χ1n) is 9.23. The summed E-state index contributed by atoms with van der Waals surface area (Å²) >= 11 is 0.869. The minimum Gasteiger partial charge on any atom is -0.365 e. The molecule has 31 heavy (non-hydrogen) atoms. The molecule has 0 fully saturated rings. The zero-order valence-corrected chi connectivity index (χ0v) is 17.1. The number of thiophene rings is 1. The number of aryl methyl sites for hydroxylation is 1. The first kappa shape index (κ1) is 20.6. The van der Waals surface area contributed by atoms with Crippen LogP contribution in [0.15, 0.2) is 48.8 Å². The third-order valence-corrected chi connectivity index (χ3v) is 5.64. The summed E-state index contributed by atoms with van der Waals surface area (Å²) < 4.78 is 28.4. The molecule has 0 aliphatic carbocycles. The third-order valence-electron chi connectivity index (χ3n) is 4.55. The van der Waals surface area contributed by atoms with Crippen molar-refractivity contribution in [3.63, 3.8) is 0 Å². The smallest absolute Gasteiger partial charge is 0.280 e. The summed E-state index contributed by atoms with van der Waals surface area (Å²) in [4.78, 5) is 29.0. The Morgan fingerprint density at radius 3 is 2.61 bits per heavy atom. The monoisotopic (exact) mass is 441 g/mol. The molecule has 3 heterocycles. The number of nitrogens with two attached hydrogens (primary N) is 1. The van der Waals surface area contributed by atoms with E-state index in [1.54, 1.807) is 42.7 Å². The van der Waals surface area contributed by atoms with E-state index in [0.29, 0.717) is 16.5 Å². The zero-order chi connectivity index (χ0) is 22.1. The van der Waals surface area contributed by atoms with E-state index in [-0.39, 0.29) is 21.9 Å². The number of carbonyl (C=O) groups is 2. The maximum atomic E-state index is 13.5. The van der Waals surface area contributed by atoms with Crippen LogP contribution >= 0.6 is 11.3 Å². The molecule has 0 radical (unpaired) electrons. The maximum absolute atomic E-state index is 13.5. The van der Waals surface area contributed by atoms with Crippen LogP contribution in [0.25, 0.3) is 21.3 Å². The van der Waals surface area contributed by atoms with Crippen LogP contribution in [0, 0.1) is 6.92 Å². The minimum absolute atomic E-state index is 0.0380. The molecule has 0 saturated heterocycles. The van der Waals surface area contributed by atoms with Gasteiger partial charge in [-0.2, -0.15) is 5.10 Å². The highest BCUT2D eigenvalue weighted by Gasteiger charge is 2.25. The molecular formula is C21H17F2N5O2S. The van der Waals surface area contributed by atoms with E-state index in [0.717, 1.165) is 16.9 Å². The number of alkyl halides is 2. The van der Waals surface area contributed by atoms with Gasteiger partial charge in [0.1, 0.15) is 21.9 Å². The van der Waals surface area contributed by atoms with E-state index in [1.807, 2.05) is 6.92 Å².